The number of nitrogens with one attached hydrogen (secondary N) is 1. The monoisotopic (exact) mass is 369 g/mol. The molecule has 0 saturated carbocycles. The van der Waals surface area contributed by atoms with Crippen molar-refractivity contribution in [3.05, 3.63) is 51.0 Å². The summed E-state index contributed by atoms with van der Waals surface area (Å²) in [6.07, 6.45) is 4.70. The van der Waals surface area contributed by atoms with Crippen molar-refractivity contribution in [3.63, 3.8) is 0 Å². The molecule has 4 rings (SSSR count). The Balaban J connectivity index is 1.53. The number of piperazine rings is 1. The first-order valence-corrected chi connectivity index (χ1v) is 9.29. The van der Waals surface area contributed by atoms with Crippen molar-refractivity contribution in [1.82, 2.24) is 19.9 Å². The maximum absolute atomic E-state index is 12.7. The second kappa shape index (κ2) is 6.53. The molecule has 0 spiro atoms. The van der Waals surface area contributed by atoms with Crippen LogP contribution in [0.1, 0.15) is 20.8 Å². The first kappa shape index (κ1) is 16.7. The molecule has 1 aliphatic rings. The molecule has 134 valence electrons. The lowest BCUT2D eigenvalue weighted by Crippen LogP contribution is -2.49. The quantitative estimate of drug-likeness (QED) is 0.747. The smallest absolute Gasteiger partial charge is 0.259 e. The number of pyridine rings is 1. The topological polar surface area (TPSA) is 82.2 Å². The minimum absolute atomic E-state index is 0.205. The van der Waals surface area contributed by atoms with Crippen molar-refractivity contribution in [3.8, 4) is 0 Å². The Hall–Kier alpha value is -2.74. The number of thiophene rings is 1. The third-order valence-corrected chi connectivity index (χ3v) is 5.62. The van der Waals surface area contributed by atoms with E-state index in [1.165, 1.54) is 11.1 Å². The Morgan fingerprint density at radius 2 is 1.92 bits per heavy atom. The number of aryl methyl sites for hydroxylation is 2. The predicted octanol–water partition coefficient (Wildman–Crippen LogP) is 1.96. The van der Waals surface area contributed by atoms with Gasteiger partial charge in [-0.05, 0) is 19.9 Å². The highest BCUT2D eigenvalue weighted by atomic mass is 32.1. The summed E-state index contributed by atoms with van der Waals surface area (Å²) in [5.41, 5.74) is 0.546. The third kappa shape index (κ3) is 2.86. The van der Waals surface area contributed by atoms with Gasteiger partial charge in [0.1, 0.15) is 22.5 Å². The van der Waals surface area contributed by atoms with Crippen LogP contribution >= 0.6 is 11.3 Å². The van der Waals surface area contributed by atoms with Gasteiger partial charge in [0.25, 0.3) is 5.91 Å². The highest BCUT2D eigenvalue weighted by Gasteiger charge is 2.25. The number of carbonyl (C=O) groups is 1. The second-order valence-corrected chi connectivity index (χ2v) is 7.67. The molecule has 0 atom stereocenters. The van der Waals surface area contributed by atoms with Gasteiger partial charge < -0.3 is 14.8 Å². The first-order valence-electron chi connectivity index (χ1n) is 8.47. The van der Waals surface area contributed by atoms with Crippen LogP contribution in [0.15, 0.2) is 29.6 Å². The number of hydrogen-bond acceptors (Lipinski definition) is 6. The molecule has 0 bridgehead atoms. The first-order chi connectivity index (χ1) is 12.5. The third-order valence-electron chi connectivity index (χ3n) is 4.66. The molecule has 4 heterocycles. The number of nitrogens with zero attached hydrogens (tertiary/aromatic N) is 4. The van der Waals surface area contributed by atoms with E-state index in [0.717, 1.165) is 16.0 Å². The summed E-state index contributed by atoms with van der Waals surface area (Å²) < 4.78 is 0. The van der Waals surface area contributed by atoms with Crippen LogP contribution in [0.4, 0.5) is 5.82 Å². The largest absolute Gasteiger partial charge is 0.366 e. The lowest BCUT2D eigenvalue weighted by molar-refractivity contribution is 0.0745. The minimum Gasteiger partial charge on any atom is -0.366 e. The van der Waals surface area contributed by atoms with Gasteiger partial charge in [-0.25, -0.2) is 9.97 Å². The van der Waals surface area contributed by atoms with Gasteiger partial charge in [0.05, 0.1) is 5.39 Å². The average Bonchev–Trinajstić information content (AvgIpc) is 3.04. The highest BCUT2D eigenvalue weighted by molar-refractivity contribution is 7.18. The van der Waals surface area contributed by atoms with Gasteiger partial charge in [-0.3, -0.25) is 9.59 Å². The molecule has 0 aliphatic carbocycles. The Bertz CT molecular complexity index is 1030. The number of anilines is 1. The zero-order valence-electron chi connectivity index (χ0n) is 14.7. The summed E-state index contributed by atoms with van der Waals surface area (Å²) >= 11 is 1.66. The average molecular weight is 369 g/mol. The van der Waals surface area contributed by atoms with Crippen LogP contribution in [-0.4, -0.2) is 51.9 Å². The van der Waals surface area contributed by atoms with Crippen LogP contribution < -0.4 is 10.3 Å². The van der Waals surface area contributed by atoms with Crippen molar-refractivity contribution in [1.29, 1.82) is 0 Å². The van der Waals surface area contributed by atoms with Gasteiger partial charge in [-0.1, -0.05) is 0 Å². The van der Waals surface area contributed by atoms with Crippen LogP contribution in [0.2, 0.25) is 0 Å². The molecule has 0 unspecified atom stereocenters. The summed E-state index contributed by atoms with van der Waals surface area (Å²) in [7, 11) is 0. The molecule has 1 saturated heterocycles. The maximum Gasteiger partial charge on any atom is 0.259 e. The molecule has 1 amide bonds. The van der Waals surface area contributed by atoms with Gasteiger partial charge in [0, 0.05) is 49.0 Å². The Morgan fingerprint density at radius 1 is 1.15 bits per heavy atom. The molecule has 3 aromatic rings. The van der Waals surface area contributed by atoms with E-state index in [-0.39, 0.29) is 16.9 Å². The number of aromatic nitrogens is 3. The Morgan fingerprint density at radius 3 is 2.69 bits per heavy atom. The molecule has 0 aromatic carbocycles. The lowest BCUT2D eigenvalue weighted by Gasteiger charge is -2.35. The van der Waals surface area contributed by atoms with E-state index in [1.807, 2.05) is 0 Å². The van der Waals surface area contributed by atoms with E-state index in [2.05, 4.69) is 32.8 Å². The number of H-pyrrole nitrogens is 1. The zero-order chi connectivity index (χ0) is 18.3. The molecular weight excluding hydrogens is 350 g/mol. The van der Waals surface area contributed by atoms with E-state index >= 15 is 0 Å². The fourth-order valence-electron chi connectivity index (χ4n) is 3.26. The molecular formula is C18H19N5O2S. The zero-order valence-corrected chi connectivity index (χ0v) is 15.5. The van der Waals surface area contributed by atoms with Crippen molar-refractivity contribution < 1.29 is 4.79 Å². The molecule has 7 nitrogen and oxygen atoms in total. The highest BCUT2D eigenvalue weighted by Crippen LogP contribution is 2.30. The van der Waals surface area contributed by atoms with Gasteiger partial charge in [0.15, 0.2) is 5.43 Å². The predicted molar refractivity (Wildman–Crippen MR) is 102 cm³/mol. The number of carbonyl (C=O) groups excluding carboxylic acids is 1. The molecule has 1 aliphatic heterocycles. The van der Waals surface area contributed by atoms with Crippen molar-refractivity contribution in [2.75, 3.05) is 31.1 Å². The lowest BCUT2D eigenvalue weighted by atomic mass is 10.1. The van der Waals surface area contributed by atoms with E-state index in [9.17, 15) is 9.59 Å². The minimum atomic E-state index is -0.214. The van der Waals surface area contributed by atoms with E-state index in [1.54, 1.807) is 35.7 Å². The van der Waals surface area contributed by atoms with Crippen LogP contribution in [-0.2, 0) is 0 Å². The van der Waals surface area contributed by atoms with E-state index in [4.69, 9.17) is 0 Å². The Kier molecular flexibility index (Phi) is 4.20. The van der Waals surface area contributed by atoms with Crippen LogP contribution in [0.25, 0.3) is 10.2 Å². The van der Waals surface area contributed by atoms with E-state index < -0.39 is 0 Å². The fraction of sp³-hybridized carbons (Fsp3) is 0.333. The number of fused-ring (bicyclic) bond motifs is 1. The SMILES string of the molecule is Cc1cc2c(N3CCN(C(=O)c4c[nH]cc(C)c4=O)CC3)ncnc2s1. The number of rotatable bonds is 2. The summed E-state index contributed by atoms with van der Waals surface area (Å²) in [4.78, 5) is 42.7. The summed E-state index contributed by atoms with van der Waals surface area (Å²) in [5.74, 6) is 0.702. The molecule has 1 fully saturated rings. The van der Waals surface area contributed by atoms with Crippen molar-refractivity contribution in [2.24, 2.45) is 0 Å². The van der Waals surface area contributed by atoms with Gasteiger partial charge in [-0.15, -0.1) is 11.3 Å². The fourth-order valence-corrected chi connectivity index (χ4v) is 4.10. The normalized spacial score (nSPS) is 14.8. The molecule has 0 radical (unpaired) electrons. The molecule has 26 heavy (non-hydrogen) atoms. The summed E-state index contributed by atoms with van der Waals surface area (Å²) in [6, 6.07) is 2.11. The summed E-state index contributed by atoms with van der Waals surface area (Å²) in [5, 5.41) is 1.06. The number of aromatic amines is 1. The number of hydrogen-bond donors (Lipinski definition) is 1. The van der Waals surface area contributed by atoms with Gasteiger partial charge in [-0.2, -0.15) is 0 Å². The summed E-state index contributed by atoms with van der Waals surface area (Å²) in [6.45, 7) is 6.23. The second-order valence-electron chi connectivity index (χ2n) is 6.43. The van der Waals surface area contributed by atoms with Crippen molar-refractivity contribution in [2.45, 2.75) is 13.8 Å². The van der Waals surface area contributed by atoms with Crippen LogP contribution in [0.5, 0.6) is 0 Å². The number of amides is 1. The molecule has 1 N–H and O–H groups in total. The van der Waals surface area contributed by atoms with E-state index in [0.29, 0.717) is 31.7 Å². The standard InChI is InChI=1S/C18H19N5O2S/c1-11-8-19-9-14(15(11)24)18(25)23-5-3-22(4-6-23)16-13-7-12(2)26-17(13)21-10-20-16/h7-10H,3-6H2,1-2H3,(H,19,24). The van der Waals surface area contributed by atoms with Gasteiger partial charge >= 0.3 is 0 Å². The van der Waals surface area contributed by atoms with Crippen molar-refractivity contribution >= 4 is 33.3 Å². The molecule has 3 aromatic heterocycles. The van der Waals surface area contributed by atoms with Crippen LogP contribution in [0.3, 0.4) is 0 Å². The Labute approximate surface area is 154 Å². The molecule has 8 heteroatoms. The maximum atomic E-state index is 12.7. The van der Waals surface area contributed by atoms with Crippen LogP contribution in [0, 0.1) is 13.8 Å². The van der Waals surface area contributed by atoms with Gasteiger partial charge in [0.2, 0.25) is 0 Å².